The van der Waals surface area contributed by atoms with Gasteiger partial charge in [-0.3, -0.25) is 4.79 Å². The van der Waals surface area contributed by atoms with Crippen molar-refractivity contribution >= 4 is 11.0 Å². The van der Waals surface area contributed by atoms with Crippen molar-refractivity contribution in [1.82, 2.24) is 0 Å². The fourth-order valence-electron chi connectivity index (χ4n) is 4.92. The summed E-state index contributed by atoms with van der Waals surface area (Å²) in [6.45, 7) is 0.953. The third-order valence-electron chi connectivity index (χ3n) is 7.40. The van der Waals surface area contributed by atoms with E-state index < -0.39 is 79.2 Å². The Morgan fingerprint density at radius 3 is 2.19 bits per heavy atom. The van der Waals surface area contributed by atoms with Crippen LogP contribution in [0.4, 0.5) is 0 Å². The smallest absolute Gasteiger partial charge is 0.229 e. The Morgan fingerprint density at radius 2 is 1.49 bits per heavy atom. The molecule has 3 heterocycles. The molecule has 0 bridgehead atoms. The Kier molecular flexibility index (Phi) is 8.80. The number of phenolic OH excluding ortho intramolecular Hbond substituents is 2. The van der Waals surface area contributed by atoms with Crippen LogP contribution in [0.5, 0.6) is 23.0 Å². The number of hydrogen-bond acceptors (Lipinski definition) is 15. The van der Waals surface area contributed by atoms with E-state index in [1.54, 1.807) is 6.07 Å². The van der Waals surface area contributed by atoms with Gasteiger partial charge >= 0.3 is 0 Å². The maximum absolute atomic E-state index is 12.8. The number of benzene rings is 2. The summed E-state index contributed by atoms with van der Waals surface area (Å²) in [7, 11) is 1.38. The zero-order valence-electron chi connectivity index (χ0n) is 22.9. The highest BCUT2D eigenvalue weighted by Crippen LogP contribution is 2.35. The Hall–Kier alpha value is -3.51. The molecule has 8 N–H and O–H groups in total. The summed E-state index contributed by atoms with van der Waals surface area (Å²) in [5.41, 5.74) is -0.381. The van der Waals surface area contributed by atoms with E-state index in [9.17, 15) is 45.6 Å². The van der Waals surface area contributed by atoms with Crippen molar-refractivity contribution in [1.29, 1.82) is 0 Å². The van der Waals surface area contributed by atoms with Crippen LogP contribution in [0.2, 0.25) is 0 Å². The van der Waals surface area contributed by atoms with Crippen molar-refractivity contribution in [3.63, 3.8) is 0 Å². The van der Waals surface area contributed by atoms with E-state index in [2.05, 4.69) is 0 Å². The van der Waals surface area contributed by atoms with Crippen LogP contribution in [0.15, 0.2) is 45.6 Å². The van der Waals surface area contributed by atoms with Gasteiger partial charge in [0.05, 0.1) is 19.8 Å². The van der Waals surface area contributed by atoms with Gasteiger partial charge in [0.1, 0.15) is 71.0 Å². The number of aromatic hydroxyl groups is 2. The van der Waals surface area contributed by atoms with Gasteiger partial charge in [-0.05, 0) is 25.1 Å². The van der Waals surface area contributed by atoms with E-state index in [-0.39, 0.29) is 34.0 Å². The molecule has 4 unspecified atom stereocenters. The van der Waals surface area contributed by atoms with Crippen molar-refractivity contribution in [3.05, 3.63) is 46.6 Å². The molecule has 2 aromatic carbocycles. The van der Waals surface area contributed by atoms with Gasteiger partial charge in [0.2, 0.25) is 6.29 Å². The molecule has 234 valence electrons. The van der Waals surface area contributed by atoms with Gasteiger partial charge in [-0.1, -0.05) is 0 Å². The topological polar surface area (TPSA) is 238 Å². The van der Waals surface area contributed by atoms with Crippen molar-refractivity contribution in [2.75, 3.05) is 13.7 Å². The van der Waals surface area contributed by atoms with Gasteiger partial charge in [-0.15, -0.1) is 0 Å². The second-order valence-corrected chi connectivity index (χ2v) is 10.3. The lowest BCUT2D eigenvalue weighted by molar-refractivity contribution is -0.318. The van der Waals surface area contributed by atoms with Crippen LogP contribution in [-0.2, 0) is 14.2 Å². The minimum Gasteiger partial charge on any atom is -0.507 e. The average molecular weight is 609 g/mol. The Labute approximate surface area is 243 Å². The molecule has 5 rings (SSSR count). The molecule has 10 atom stereocenters. The van der Waals surface area contributed by atoms with Crippen LogP contribution in [0.1, 0.15) is 6.92 Å². The lowest BCUT2D eigenvalue weighted by atomic mass is 9.98. The van der Waals surface area contributed by atoms with E-state index in [0.29, 0.717) is 5.56 Å². The van der Waals surface area contributed by atoms with Crippen molar-refractivity contribution in [2.24, 2.45) is 0 Å². The molecule has 0 radical (unpaired) electrons. The highest BCUT2D eigenvalue weighted by Gasteiger charge is 2.47. The van der Waals surface area contributed by atoms with Crippen molar-refractivity contribution in [2.45, 2.75) is 68.3 Å². The van der Waals surface area contributed by atoms with E-state index in [1.165, 1.54) is 32.2 Å². The number of phenols is 2. The second-order valence-electron chi connectivity index (χ2n) is 10.3. The highest BCUT2D eigenvalue weighted by atomic mass is 16.7. The minimum atomic E-state index is -1.78. The molecule has 0 aliphatic carbocycles. The molecule has 3 aromatic rings. The number of fused-ring (bicyclic) bond motifs is 1. The predicted molar refractivity (Wildman–Crippen MR) is 143 cm³/mol. The molecule has 0 spiro atoms. The fraction of sp³-hybridized carbons (Fsp3) is 0.464. The molecule has 43 heavy (non-hydrogen) atoms. The summed E-state index contributed by atoms with van der Waals surface area (Å²) in [4.78, 5) is 12.8. The first-order valence-corrected chi connectivity index (χ1v) is 13.3. The average Bonchev–Trinajstić information content (AvgIpc) is 2.97. The van der Waals surface area contributed by atoms with Gasteiger partial charge in [0, 0.05) is 23.8 Å². The highest BCUT2D eigenvalue weighted by molar-refractivity contribution is 5.86. The minimum absolute atomic E-state index is 0.0517. The van der Waals surface area contributed by atoms with E-state index in [1.807, 2.05) is 0 Å². The van der Waals surface area contributed by atoms with Crippen LogP contribution >= 0.6 is 0 Å². The number of aliphatic hydroxyl groups excluding tert-OH is 6. The number of rotatable bonds is 7. The van der Waals surface area contributed by atoms with E-state index in [4.69, 9.17) is 28.1 Å². The number of aliphatic hydroxyl groups is 6. The maximum Gasteiger partial charge on any atom is 0.229 e. The molecule has 2 aliphatic rings. The predicted octanol–water partition coefficient (Wildman–Crippen LogP) is -1.09. The van der Waals surface area contributed by atoms with Crippen molar-refractivity contribution < 1.29 is 69.0 Å². The molecule has 2 fully saturated rings. The summed E-state index contributed by atoms with van der Waals surface area (Å²) in [6.07, 6.45) is -15.0. The Balaban J connectivity index is 1.36. The molecule has 15 heteroatoms. The van der Waals surface area contributed by atoms with Gasteiger partial charge in [0.25, 0.3) is 0 Å². The van der Waals surface area contributed by atoms with Gasteiger partial charge in [-0.2, -0.15) is 0 Å². The molecular formula is C28H32O15. The largest absolute Gasteiger partial charge is 0.507 e. The molecule has 1 aromatic heterocycles. The normalized spacial score (nSPS) is 32.9. The lowest BCUT2D eigenvalue weighted by Gasteiger charge is -2.42. The number of methoxy groups -OCH3 is 1. The summed E-state index contributed by atoms with van der Waals surface area (Å²) in [5, 5.41) is 82.0. The monoisotopic (exact) mass is 608 g/mol. The van der Waals surface area contributed by atoms with Gasteiger partial charge < -0.3 is 69.0 Å². The maximum atomic E-state index is 12.8. The first kappa shape index (κ1) is 30.9. The Bertz CT molecular complexity index is 1510. The Morgan fingerprint density at radius 1 is 0.791 bits per heavy atom. The molecule has 15 nitrogen and oxygen atoms in total. The van der Waals surface area contributed by atoms with E-state index >= 15 is 0 Å². The van der Waals surface area contributed by atoms with Crippen molar-refractivity contribution in [3.8, 4) is 34.3 Å². The summed E-state index contributed by atoms with van der Waals surface area (Å²) < 4.78 is 32.9. The standard InChI is InChI=1S/C28H32O15/c1-10-21(32)23(34)25(36)27(40-10)39-9-19-22(33)24(35)26(37)28(43-19)41-12-6-14(30)20-15(31)8-17(42-18(20)7-12)11-3-4-16(38-2)13(29)5-11/h3-8,10,19,21-30,32-37H,9H2,1-2H3/t10?,19?,21-,22+,23+,24+,25?,26?,27+,28+/m0/s1. The quantitative estimate of drug-likeness (QED) is 0.159. The third-order valence-corrected chi connectivity index (χ3v) is 7.40. The van der Waals surface area contributed by atoms with Crippen LogP contribution in [0.25, 0.3) is 22.3 Å². The SMILES string of the molecule is COc1ccc(-c2cc(=O)c3c(O)cc(O[C@@H]4OC(CO[C@@H]5OC(C)[C@H](O)[C@@H](O)C5O)[C@@H](O)[C@@H](O)C4O)cc3o2)cc1O. The number of hydrogen-bond donors (Lipinski definition) is 8. The fourth-order valence-corrected chi connectivity index (χ4v) is 4.92. The summed E-state index contributed by atoms with van der Waals surface area (Å²) in [6, 6.07) is 7.78. The molecule has 2 aliphatic heterocycles. The van der Waals surface area contributed by atoms with Crippen LogP contribution in [0.3, 0.4) is 0 Å². The molecule has 2 saturated heterocycles. The zero-order valence-corrected chi connectivity index (χ0v) is 22.9. The first-order chi connectivity index (χ1) is 20.4. The van der Waals surface area contributed by atoms with Crippen LogP contribution < -0.4 is 14.9 Å². The summed E-state index contributed by atoms with van der Waals surface area (Å²) >= 11 is 0. The molecular weight excluding hydrogens is 576 g/mol. The van der Waals surface area contributed by atoms with E-state index in [0.717, 1.165) is 12.1 Å². The lowest BCUT2D eigenvalue weighted by Crippen LogP contribution is -2.61. The molecule has 0 saturated carbocycles. The molecule has 0 amide bonds. The second kappa shape index (κ2) is 12.2. The third kappa shape index (κ3) is 5.99. The van der Waals surface area contributed by atoms with Crippen LogP contribution in [-0.4, -0.2) is 116 Å². The van der Waals surface area contributed by atoms with Gasteiger partial charge in [-0.25, -0.2) is 0 Å². The zero-order chi connectivity index (χ0) is 31.2. The van der Waals surface area contributed by atoms with Gasteiger partial charge in [0.15, 0.2) is 23.2 Å². The summed E-state index contributed by atoms with van der Waals surface area (Å²) in [5.74, 6) is -0.605. The van der Waals surface area contributed by atoms with Crippen LogP contribution in [0, 0.1) is 0 Å². The number of ether oxygens (including phenoxy) is 5. The first-order valence-electron chi connectivity index (χ1n) is 13.3.